The fourth-order valence-electron chi connectivity index (χ4n) is 3.11. The van der Waals surface area contributed by atoms with Crippen molar-refractivity contribution in [3.05, 3.63) is 115 Å². The Labute approximate surface area is 219 Å². The minimum Gasteiger partial charge on any atom is -0.855 e. The fraction of sp³-hybridized carbons (Fsp3) is 0.138. The second-order valence-corrected chi connectivity index (χ2v) is 8.16. The first-order valence-electron chi connectivity index (χ1n) is 10.8. The molecule has 0 aromatic heterocycles. The number of hydrogen-bond donors (Lipinski definition) is 0. The molecule has 0 spiro atoms. The Hall–Kier alpha value is -2.23. The van der Waals surface area contributed by atoms with E-state index >= 15 is 0 Å². The van der Waals surface area contributed by atoms with Gasteiger partial charge in [-0.05, 0) is 0 Å². The van der Waals surface area contributed by atoms with E-state index in [1.165, 1.54) is 31.9 Å². The van der Waals surface area contributed by atoms with Gasteiger partial charge in [-0.25, -0.2) is 0 Å². The van der Waals surface area contributed by atoms with Crippen LogP contribution in [0.15, 0.2) is 115 Å². The maximum absolute atomic E-state index is 8.93. The van der Waals surface area contributed by atoms with Gasteiger partial charge in [0.2, 0.25) is 0 Å². The Kier molecular flexibility index (Phi) is 15.1. The summed E-state index contributed by atoms with van der Waals surface area (Å²) in [4.78, 5) is 0. The van der Waals surface area contributed by atoms with Crippen LogP contribution in [0, 0.1) is 0 Å². The smallest absolute Gasteiger partial charge is 0.855 e. The summed E-state index contributed by atoms with van der Waals surface area (Å²) in [7, 11) is 0.777. The van der Waals surface area contributed by atoms with E-state index in [9.17, 15) is 0 Å². The third-order valence-electron chi connectivity index (χ3n) is 4.36. The first-order chi connectivity index (χ1) is 15.7. The summed E-state index contributed by atoms with van der Waals surface area (Å²) in [5.41, 5.74) is 0. The molecule has 0 unspecified atom stereocenters. The predicted molar refractivity (Wildman–Crippen MR) is 136 cm³/mol. The maximum atomic E-state index is 8.93. The first kappa shape index (κ1) is 28.8. The van der Waals surface area contributed by atoms with Gasteiger partial charge in [0.15, 0.2) is 0 Å². The third-order valence-corrected chi connectivity index (χ3v) is 5.60. The van der Waals surface area contributed by atoms with Crippen molar-refractivity contribution in [1.82, 2.24) is 0 Å². The van der Waals surface area contributed by atoms with E-state index in [0.717, 1.165) is 9.52 Å². The molecule has 165 valence electrons. The van der Waals surface area contributed by atoms with Gasteiger partial charge >= 0.3 is 26.2 Å². The summed E-state index contributed by atoms with van der Waals surface area (Å²) in [5.74, 6) is 0. The van der Waals surface area contributed by atoms with Crippen molar-refractivity contribution in [3.8, 4) is 0 Å². The molecule has 5 rings (SSSR count). The van der Waals surface area contributed by atoms with Crippen LogP contribution in [0.5, 0.6) is 0 Å². The molecule has 0 aliphatic rings. The number of rotatable bonds is 2. The second kappa shape index (κ2) is 17.3. The Balaban J connectivity index is 0.000000261. The van der Waals surface area contributed by atoms with E-state index < -0.39 is 0 Å². The second-order valence-electron chi connectivity index (χ2n) is 6.75. The van der Waals surface area contributed by atoms with Crippen LogP contribution in [0.25, 0.3) is 21.5 Å². The van der Waals surface area contributed by atoms with E-state index in [0.29, 0.717) is 0 Å². The van der Waals surface area contributed by atoms with E-state index in [1.807, 2.05) is 0 Å². The van der Waals surface area contributed by atoms with Crippen LogP contribution in [-0.4, -0.2) is 22.7 Å². The van der Waals surface area contributed by atoms with Crippen molar-refractivity contribution in [2.75, 3.05) is 13.2 Å². The zero-order chi connectivity index (χ0) is 23.0. The minimum atomic E-state index is 0. The average molecular weight is 529 g/mol. The molecule has 2 nitrogen and oxygen atoms in total. The van der Waals surface area contributed by atoms with Crippen LogP contribution in [0.3, 0.4) is 0 Å². The SMILES string of the molecule is CC[O-].CC[O-].[Zr+3].c1ccc([Si]c2ccccc2)cc1.c1ccc2c(c1)[cH-]c1ccccc12. The first-order valence-corrected chi connectivity index (χ1v) is 11.8. The molecule has 0 heterocycles. The zero-order valence-electron chi connectivity index (χ0n) is 19.2. The van der Waals surface area contributed by atoms with Gasteiger partial charge in [0, 0.05) is 0 Å². The van der Waals surface area contributed by atoms with Crippen molar-refractivity contribution in [2.24, 2.45) is 0 Å². The van der Waals surface area contributed by atoms with Gasteiger partial charge in [-0.1, -0.05) is 121 Å². The summed E-state index contributed by atoms with van der Waals surface area (Å²) < 4.78 is 0. The van der Waals surface area contributed by atoms with Gasteiger partial charge in [0.25, 0.3) is 0 Å². The van der Waals surface area contributed by atoms with Crippen molar-refractivity contribution >= 4 is 41.4 Å². The fourth-order valence-corrected chi connectivity index (χ4v) is 4.17. The third kappa shape index (κ3) is 10.1. The summed E-state index contributed by atoms with van der Waals surface area (Å²) in [5, 5.41) is 26.0. The summed E-state index contributed by atoms with van der Waals surface area (Å²) in [6, 6.07) is 40.4. The maximum Gasteiger partial charge on any atom is 3.00 e. The topological polar surface area (TPSA) is 46.1 Å². The quantitative estimate of drug-likeness (QED) is 0.259. The molecule has 0 aliphatic heterocycles. The van der Waals surface area contributed by atoms with E-state index in [4.69, 9.17) is 10.2 Å². The standard InChI is InChI=1S/C13H9.C12H10Si.2C2H5O.Zr/c1-3-7-12-10(5-1)9-11-6-2-4-8-13(11)12;1-3-7-11(8-4-1)13-12-9-5-2-6-10-12;2*1-2-3;/h1-9H;1-10H;2*2H2,1H3;/q-1;;2*-1;+3. The van der Waals surface area contributed by atoms with E-state index in [-0.39, 0.29) is 39.4 Å². The molecule has 5 aromatic carbocycles. The van der Waals surface area contributed by atoms with Gasteiger partial charge in [-0.2, -0.15) is 0 Å². The van der Waals surface area contributed by atoms with Gasteiger partial charge in [-0.15, -0.1) is 53.0 Å². The number of hydrogen-bond acceptors (Lipinski definition) is 2. The van der Waals surface area contributed by atoms with Crippen molar-refractivity contribution in [2.45, 2.75) is 13.8 Å². The molecule has 3 radical (unpaired) electrons. The summed E-state index contributed by atoms with van der Waals surface area (Å²) in [6.07, 6.45) is 0. The van der Waals surface area contributed by atoms with Crippen LogP contribution in [0.2, 0.25) is 0 Å². The zero-order valence-corrected chi connectivity index (χ0v) is 22.7. The monoisotopic (exact) mass is 527 g/mol. The van der Waals surface area contributed by atoms with Crippen LogP contribution < -0.4 is 20.6 Å². The van der Waals surface area contributed by atoms with Crippen LogP contribution in [0.1, 0.15) is 13.8 Å². The number of benzene rings is 4. The molecule has 33 heavy (non-hydrogen) atoms. The molecule has 0 amide bonds. The van der Waals surface area contributed by atoms with Crippen LogP contribution in [-0.2, 0) is 26.2 Å². The Morgan fingerprint density at radius 1 is 0.545 bits per heavy atom. The number of fused-ring (bicyclic) bond motifs is 3. The van der Waals surface area contributed by atoms with E-state index in [1.54, 1.807) is 13.8 Å². The Morgan fingerprint density at radius 3 is 1.21 bits per heavy atom. The van der Waals surface area contributed by atoms with Crippen molar-refractivity contribution in [1.29, 1.82) is 0 Å². The molecule has 0 fully saturated rings. The summed E-state index contributed by atoms with van der Waals surface area (Å²) in [6.45, 7) is 3.14. The Morgan fingerprint density at radius 2 is 0.848 bits per heavy atom. The molecule has 0 aliphatic carbocycles. The van der Waals surface area contributed by atoms with Gasteiger partial charge in [-0.3, -0.25) is 0 Å². The van der Waals surface area contributed by atoms with Gasteiger partial charge in [0.05, 0.1) is 0 Å². The molecule has 5 aromatic rings. The minimum absolute atomic E-state index is 0. The van der Waals surface area contributed by atoms with E-state index in [2.05, 4.69) is 115 Å². The van der Waals surface area contributed by atoms with Crippen molar-refractivity contribution in [3.63, 3.8) is 0 Å². The molecule has 0 N–H and O–H groups in total. The Bertz CT molecular complexity index is 1050. The molecule has 0 saturated carbocycles. The molecular weight excluding hydrogens is 500 g/mol. The molecule has 0 atom stereocenters. The summed E-state index contributed by atoms with van der Waals surface area (Å²) >= 11 is 0. The van der Waals surface area contributed by atoms with Crippen LogP contribution >= 0.6 is 0 Å². The largest absolute Gasteiger partial charge is 3.00 e. The average Bonchev–Trinajstić information content (AvgIpc) is 3.21. The van der Waals surface area contributed by atoms with Gasteiger partial charge in [0.1, 0.15) is 9.52 Å². The van der Waals surface area contributed by atoms with Gasteiger partial charge < -0.3 is 10.2 Å². The molecule has 0 bridgehead atoms. The normalized spacial score (nSPS) is 9.33. The predicted octanol–water partition coefficient (Wildman–Crippen LogP) is 3.78. The molecule has 0 saturated heterocycles. The molecule has 4 heteroatoms. The van der Waals surface area contributed by atoms with Crippen LogP contribution in [0.4, 0.5) is 0 Å². The molecular formula is C29H29O2SiZr. The van der Waals surface area contributed by atoms with Crippen molar-refractivity contribution < 1.29 is 36.4 Å².